The summed E-state index contributed by atoms with van der Waals surface area (Å²) in [6.45, 7) is 3.86. The second-order valence-electron chi connectivity index (χ2n) is 9.04. The third-order valence-corrected chi connectivity index (χ3v) is 7.37. The molecule has 2 aromatic carbocycles. The van der Waals surface area contributed by atoms with E-state index in [0.717, 1.165) is 11.1 Å². The van der Waals surface area contributed by atoms with Crippen molar-refractivity contribution in [1.82, 2.24) is 20.3 Å². The van der Waals surface area contributed by atoms with Gasteiger partial charge in [-0.25, -0.2) is 13.1 Å². The van der Waals surface area contributed by atoms with Gasteiger partial charge >= 0.3 is 0 Å². The fraction of sp³-hybridized carbons (Fsp3) is 0.250. The minimum atomic E-state index is -3.85. The van der Waals surface area contributed by atoms with Crippen LogP contribution in [-0.2, 0) is 33.5 Å². The molecule has 1 aromatic heterocycles. The Morgan fingerprint density at radius 2 is 1.64 bits per heavy atom. The van der Waals surface area contributed by atoms with Crippen LogP contribution in [0.25, 0.3) is 0 Å². The van der Waals surface area contributed by atoms with Gasteiger partial charge in [0, 0.05) is 30.2 Å². The lowest BCUT2D eigenvalue weighted by molar-refractivity contribution is -0.123. The molecule has 39 heavy (non-hydrogen) atoms. The normalized spacial score (nSPS) is 12.7. The van der Waals surface area contributed by atoms with Gasteiger partial charge in [-0.05, 0) is 41.7 Å². The quantitative estimate of drug-likeness (QED) is 0.123. The molecule has 0 aliphatic carbocycles. The van der Waals surface area contributed by atoms with Gasteiger partial charge in [0.15, 0.2) is 0 Å². The number of aromatic nitrogens is 1. The number of carbonyl (C=O) groups excluding carboxylic acids is 1. The van der Waals surface area contributed by atoms with Crippen molar-refractivity contribution in [3.05, 3.63) is 114 Å². The maximum Gasteiger partial charge on any atom is 0.238 e. The molecule has 0 bridgehead atoms. The molecule has 10 nitrogen and oxygen atoms in total. The van der Waals surface area contributed by atoms with Crippen molar-refractivity contribution in [2.24, 2.45) is 5.73 Å². The van der Waals surface area contributed by atoms with E-state index in [-0.39, 0.29) is 18.0 Å². The van der Waals surface area contributed by atoms with E-state index in [1.807, 2.05) is 0 Å². The minimum absolute atomic E-state index is 0.0279. The van der Waals surface area contributed by atoms with Crippen LogP contribution in [0.2, 0.25) is 0 Å². The second-order valence-corrected chi connectivity index (χ2v) is 10.8. The molecular weight excluding hydrogens is 516 g/mol. The Balaban J connectivity index is 1.66. The SMILES string of the molecule is C=C(NCc1ccc(C(=N)N)cc1)[C@H](CO)NC(=O)[C@H](CCc1ccncc1)NS(=O)(=O)Cc1ccccc1. The van der Waals surface area contributed by atoms with Gasteiger partial charge < -0.3 is 21.5 Å². The molecule has 0 unspecified atom stereocenters. The van der Waals surface area contributed by atoms with Crippen LogP contribution < -0.4 is 21.1 Å². The van der Waals surface area contributed by atoms with E-state index >= 15 is 0 Å². The highest BCUT2D eigenvalue weighted by atomic mass is 32.2. The first-order chi connectivity index (χ1) is 18.7. The van der Waals surface area contributed by atoms with Crippen molar-refractivity contribution in [3.63, 3.8) is 0 Å². The minimum Gasteiger partial charge on any atom is -0.394 e. The molecule has 3 aromatic rings. The number of amidine groups is 1. The summed E-state index contributed by atoms with van der Waals surface area (Å²) in [7, 11) is -3.85. The second kappa shape index (κ2) is 14.2. The van der Waals surface area contributed by atoms with E-state index in [1.54, 1.807) is 79.1 Å². The Morgan fingerprint density at radius 1 is 0.974 bits per heavy atom. The van der Waals surface area contributed by atoms with Gasteiger partial charge in [-0.3, -0.25) is 15.2 Å². The average molecular weight is 551 g/mol. The molecule has 11 heteroatoms. The van der Waals surface area contributed by atoms with Crippen LogP contribution >= 0.6 is 0 Å². The van der Waals surface area contributed by atoms with Crippen LogP contribution in [0.1, 0.15) is 28.7 Å². The first-order valence-electron chi connectivity index (χ1n) is 12.4. The Morgan fingerprint density at radius 3 is 2.26 bits per heavy atom. The van der Waals surface area contributed by atoms with E-state index in [1.165, 1.54) is 0 Å². The number of hydrogen-bond donors (Lipinski definition) is 6. The molecule has 0 saturated carbocycles. The van der Waals surface area contributed by atoms with E-state index in [9.17, 15) is 18.3 Å². The molecule has 0 saturated heterocycles. The molecule has 0 fully saturated rings. The fourth-order valence-electron chi connectivity index (χ4n) is 3.81. The van der Waals surface area contributed by atoms with Crippen molar-refractivity contribution in [2.75, 3.05) is 6.61 Å². The molecule has 206 valence electrons. The van der Waals surface area contributed by atoms with Crippen molar-refractivity contribution < 1.29 is 18.3 Å². The number of amides is 1. The number of aliphatic hydroxyl groups excluding tert-OH is 1. The van der Waals surface area contributed by atoms with Gasteiger partial charge in [-0.2, -0.15) is 0 Å². The number of nitrogens with zero attached hydrogens (tertiary/aromatic N) is 1. The van der Waals surface area contributed by atoms with Gasteiger partial charge in [0.25, 0.3) is 0 Å². The maximum atomic E-state index is 13.3. The van der Waals surface area contributed by atoms with Gasteiger partial charge in [0.1, 0.15) is 11.9 Å². The Hall–Kier alpha value is -4.06. The zero-order valence-corrected chi connectivity index (χ0v) is 22.3. The number of rotatable bonds is 15. The molecule has 1 heterocycles. The predicted octanol–water partition coefficient (Wildman–Crippen LogP) is 1.57. The fourth-order valence-corrected chi connectivity index (χ4v) is 5.19. The number of hydrogen-bond acceptors (Lipinski definition) is 7. The smallest absolute Gasteiger partial charge is 0.238 e. The Bertz CT molecular complexity index is 1350. The molecule has 0 aliphatic heterocycles. The molecule has 0 spiro atoms. The molecule has 7 N–H and O–H groups in total. The van der Waals surface area contributed by atoms with Crippen molar-refractivity contribution in [1.29, 1.82) is 5.41 Å². The molecule has 0 radical (unpaired) electrons. The van der Waals surface area contributed by atoms with E-state index in [4.69, 9.17) is 11.1 Å². The summed E-state index contributed by atoms with van der Waals surface area (Å²) < 4.78 is 28.4. The topological polar surface area (TPSA) is 170 Å². The van der Waals surface area contributed by atoms with E-state index < -0.39 is 34.6 Å². The summed E-state index contributed by atoms with van der Waals surface area (Å²) >= 11 is 0. The Kier molecular flexibility index (Phi) is 10.7. The molecule has 1 amide bonds. The number of aliphatic hydroxyl groups is 1. The molecule has 0 aliphatic rings. The van der Waals surface area contributed by atoms with Crippen molar-refractivity contribution in [3.8, 4) is 0 Å². The highest BCUT2D eigenvalue weighted by Gasteiger charge is 2.27. The lowest BCUT2D eigenvalue weighted by Gasteiger charge is -2.24. The molecule has 3 rings (SSSR count). The van der Waals surface area contributed by atoms with Crippen LogP contribution in [0.3, 0.4) is 0 Å². The van der Waals surface area contributed by atoms with Gasteiger partial charge in [-0.15, -0.1) is 0 Å². The summed E-state index contributed by atoms with van der Waals surface area (Å²) in [6, 6.07) is 17.5. The average Bonchev–Trinajstić information content (AvgIpc) is 2.93. The number of carbonyl (C=O) groups is 1. The first kappa shape index (κ1) is 29.5. The maximum absolute atomic E-state index is 13.3. The summed E-state index contributed by atoms with van der Waals surface area (Å²) in [6.07, 6.45) is 3.91. The number of nitrogens with two attached hydrogens (primary N) is 1. The van der Waals surface area contributed by atoms with Crippen LogP contribution in [0.4, 0.5) is 0 Å². The summed E-state index contributed by atoms with van der Waals surface area (Å²) in [5, 5.41) is 23.2. The Labute approximate surface area is 228 Å². The predicted molar refractivity (Wildman–Crippen MR) is 151 cm³/mol. The number of aryl methyl sites for hydroxylation is 1. The lowest BCUT2D eigenvalue weighted by Crippen LogP contribution is -2.52. The summed E-state index contributed by atoms with van der Waals surface area (Å²) in [5.41, 5.74) is 8.84. The number of benzene rings is 2. The van der Waals surface area contributed by atoms with Crippen molar-refractivity contribution in [2.45, 2.75) is 37.2 Å². The monoisotopic (exact) mass is 550 g/mol. The van der Waals surface area contributed by atoms with Gasteiger partial charge in [0.05, 0.1) is 18.4 Å². The number of nitrogen functional groups attached to an aromatic ring is 1. The number of pyridine rings is 1. The van der Waals surface area contributed by atoms with Crippen LogP contribution in [0, 0.1) is 5.41 Å². The lowest BCUT2D eigenvalue weighted by atomic mass is 10.1. The zero-order chi connectivity index (χ0) is 28.3. The zero-order valence-electron chi connectivity index (χ0n) is 21.5. The van der Waals surface area contributed by atoms with Crippen LogP contribution in [0.15, 0.2) is 91.4 Å². The third-order valence-electron chi connectivity index (χ3n) is 6.01. The molecule has 2 atom stereocenters. The number of sulfonamides is 1. The number of nitrogens with one attached hydrogen (secondary N) is 4. The van der Waals surface area contributed by atoms with Gasteiger partial charge in [0.2, 0.25) is 15.9 Å². The summed E-state index contributed by atoms with van der Waals surface area (Å²) in [4.78, 5) is 17.3. The highest BCUT2D eigenvalue weighted by molar-refractivity contribution is 7.88. The summed E-state index contributed by atoms with van der Waals surface area (Å²) in [5.74, 6) is -0.874. The molecular formula is C28H34N6O4S. The van der Waals surface area contributed by atoms with Crippen LogP contribution in [0.5, 0.6) is 0 Å². The van der Waals surface area contributed by atoms with Crippen molar-refractivity contribution >= 4 is 21.8 Å². The van der Waals surface area contributed by atoms with E-state index in [2.05, 4.69) is 26.9 Å². The largest absolute Gasteiger partial charge is 0.394 e. The van der Waals surface area contributed by atoms with E-state index in [0.29, 0.717) is 29.8 Å². The van der Waals surface area contributed by atoms with Crippen LogP contribution in [-0.4, -0.2) is 48.9 Å². The highest BCUT2D eigenvalue weighted by Crippen LogP contribution is 2.11. The standard InChI is InChI=1S/C28H34N6O4S/c1-20(32-17-22-7-10-24(11-8-22)27(29)30)26(18-35)33-28(36)25(12-9-21-13-15-31-16-14-21)34-39(37,38)19-23-5-3-2-4-6-23/h2-8,10-11,13-16,25-26,32,34-35H,1,9,12,17-19H2,(H3,29,30)(H,33,36)/t25-,26-/m0/s1. The third kappa shape index (κ3) is 9.64. The first-order valence-corrected chi connectivity index (χ1v) is 14.0. The van der Waals surface area contributed by atoms with Gasteiger partial charge in [-0.1, -0.05) is 61.2 Å².